The molecule has 3 aromatic rings. The van der Waals surface area contributed by atoms with Crippen LogP contribution in [0.1, 0.15) is 54.4 Å². The number of carbonyl (C=O) groups excluding carboxylic acids is 1. The number of hydrogen-bond acceptors (Lipinski definition) is 6. The molecule has 0 saturated carbocycles. The molecule has 2 aromatic heterocycles. The van der Waals surface area contributed by atoms with Gasteiger partial charge in [0.25, 0.3) is 5.56 Å². The summed E-state index contributed by atoms with van der Waals surface area (Å²) in [6.07, 6.45) is 1.95. The number of aromatic nitrogens is 3. The van der Waals surface area contributed by atoms with E-state index in [2.05, 4.69) is 17.0 Å². The lowest BCUT2D eigenvalue weighted by Gasteiger charge is -2.12. The van der Waals surface area contributed by atoms with Gasteiger partial charge in [-0.1, -0.05) is 25.1 Å². The van der Waals surface area contributed by atoms with Gasteiger partial charge >= 0.3 is 5.97 Å². The number of nitrogens with zero attached hydrogens (tertiary/aromatic N) is 3. The molecule has 0 saturated heterocycles. The van der Waals surface area contributed by atoms with Crippen molar-refractivity contribution in [3.63, 3.8) is 0 Å². The maximum Gasteiger partial charge on any atom is 0.359 e. The van der Waals surface area contributed by atoms with E-state index >= 15 is 0 Å². The molecule has 0 fully saturated rings. The first kappa shape index (κ1) is 18.3. The number of carbonyl (C=O) groups is 1. The summed E-state index contributed by atoms with van der Waals surface area (Å²) in [7, 11) is 0. The quantitative estimate of drug-likeness (QED) is 0.617. The molecular weight excluding hydrogens is 350 g/mol. The number of rotatable bonds is 6. The van der Waals surface area contributed by atoms with Crippen molar-refractivity contribution in [2.45, 2.75) is 46.3 Å². The highest BCUT2D eigenvalue weighted by atomic mass is 32.1. The first-order valence-corrected chi connectivity index (χ1v) is 9.51. The van der Waals surface area contributed by atoms with Crippen LogP contribution in [-0.2, 0) is 17.8 Å². The normalized spacial score (nSPS) is 11.2. The fraction of sp³-hybridized carbons (Fsp3) is 0.368. The van der Waals surface area contributed by atoms with Gasteiger partial charge in [0.05, 0.1) is 22.1 Å². The van der Waals surface area contributed by atoms with Crippen molar-refractivity contribution in [1.82, 2.24) is 14.8 Å². The van der Waals surface area contributed by atoms with Crippen LogP contribution in [0.25, 0.3) is 10.8 Å². The third-order valence-corrected chi connectivity index (χ3v) is 4.88. The van der Waals surface area contributed by atoms with Gasteiger partial charge in [0.1, 0.15) is 6.61 Å². The monoisotopic (exact) mass is 371 g/mol. The molecule has 0 N–H and O–H groups in total. The van der Waals surface area contributed by atoms with Crippen molar-refractivity contribution in [3.05, 3.63) is 56.4 Å². The second-order valence-corrected chi connectivity index (χ2v) is 7.24. The molecule has 0 aliphatic carbocycles. The van der Waals surface area contributed by atoms with Crippen LogP contribution in [0.3, 0.4) is 0 Å². The summed E-state index contributed by atoms with van der Waals surface area (Å²) in [5, 5.41) is 8.16. The molecule has 136 valence electrons. The minimum Gasteiger partial charge on any atom is -0.454 e. The van der Waals surface area contributed by atoms with Crippen molar-refractivity contribution < 1.29 is 9.53 Å². The van der Waals surface area contributed by atoms with Crippen LogP contribution >= 0.6 is 11.3 Å². The maximum absolute atomic E-state index is 12.6. The predicted molar refractivity (Wildman–Crippen MR) is 102 cm³/mol. The van der Waals surface area contributed by atoms with Gasteiger partial charge in [-0.05, 0) is 32.8 Å². The lowest BCUT2D eigenvalue weighted by atomic mass is 10.1. The minimum absolute atomic E-state index is 0.0931. The molecule has 7 heteroatoms. The topological polar surface area (TPSA) is 74.1 Å². The molecule has 0 radical (unpaired) electrons. The SMILES string of the molecule is CCCc1nc(COC(=O)c2nn(C(C)C)c(=O)c3ccccc23)cs1. The Morgan fingerprint density at radius 3 is 2.69 bits per heavy atom. The molecule has 0 bridgehead atoms. The largest absolute Gasteiger partial charge is 0.454 e. The molecule has 0 spiro atoms. The van der Waals surface area contributed by atoms with Gasteiger partial charge in [-0.25, -0.2) is 14.5 Å². The number of ether oxygens (including phenoxy) is 1. The number of aryl methyl sites for hydroxylation is 1. The van der Waals surface area contributed by atoms with E-state index in [1.54, 1.807) is 35.6 Å². The highest BCUT2D eigenvalue weighted by Crippen LogP contribution is 2.17. The van der Waals surface area contributed by atoms with E-state index in [-0.39, 0.29) is 23.9 Å². The molecule has 26 heavy (non-hydrogen) atoms. The Bertz CT molecular complexity index is 991. The Morgan fingerprint density at radius 2 is 2.00 bits per heavy atom. The number of fused-ring (bicyclic) bond motifs is 1. The number of benzene rings is 1. The van der Waals surface area contributed by atoms with Crippen LogP contribution in [0, 0.1) is 0 Å². The standard InChI is InChI=1S/C19H21N3O3S/c1-4-7-16-20-13(11-26-16)10-25-19(24)17-14-8-5-6-9-15(14)18(23)22(21-17)12(2)3/h5-6,8-9,11-12H,4,7,10H2,1-3H3. The van der Waals surface area contributed by atoms with Crippen molar-refractivity contribution >= 4 is 28.1 Å². The second-order valence-electron chi connectivity index (χ2n) is 6.30. The second kappa shape index (κ2) is 7.78. The summed E-state index contributed by atoms with van der Waals surface area (Å²) in [6, 6.07) is 6.80. The van der Waals surface area contributed by atoms with E-state index in [0.29, 0.717) is 10.8 Å². The van der Waals surface area contributed by atoms with Gasteiger partial charge in [-0.3, -0.25) is 4.79 Å². The van der Waals surface area contributed by atoms with Crippen LogP contribution in [0.2, 0.25) is 0 Å². The number of hydrogen-bond donors (Lipinski definition) is 0. The van der Waals surface area contributed by atoms with Crippen molar-refractivity contribution in [3.8, 4) is 0 Å². The molecule has 0 amide bonds. The van der Waals surface area contributed by atoms with Gasteiger partial charge in [0.15, 0.2) is 5.69 Å². The first-order valence-electron chi connectivity index (χ1n) is 8.63. The van der Waals surface area contributed by atoms with E-state index in [4.69, 9.17) is 4.74 Å². The van der Waals surface area contributed by atoms with Crippen molar-refractivity contribution in [1.29, 1.82) is 0 Å². The molecule has 2 heterocycles. The highest BCUT2D eigenvalue weighted by Gasteiger charge is 2.19. The van der Waals surface area contributed by atoms with Gasteiger partial charge in [-0.15, -0.1) is 11.3 Å². The zero-order valence-electron chi connectivity index (χ0n) is 15.1. The Morgan fingerprint density at radius 1 is 1.27 bits per heavy atom. The van der Waals surface area contributed by atoms with Crippen molar-refractivity contribution in [2.24, 2.45) is 0 Å². The summed E-state index contributed by atoms with van der Waals surface area (Å²) in [5.41, 5.74) is 0.669. The molecular formula is C19H21N3O3S. The van der Waals surface area contributed by atoms with Crippen LogP contribution in [0.4, 0.5) is 0 Å². The average Bonchev–Trinajstić information content (AvgIpc) is 3.08. The van der Waals surface area contributed by atoms with E-state index in [1.807, 2.05) is 19.2 Å². The highest BCUT2D eigenvalue weighted by molar-refractivity contribution is 7.09. The zero-order chi connectivity index (χ0) is 18.7. The molecule has 0 aliphatic rings. The third kappa shape index (κ3) is 3.67. The lowest BCUT2D eigenvalue weighted by Crippen LogP contribution is -2.27. The van der Waals surface area contributed by atoms with Gasteiger partial charge < -0.3 is 4.74 Å². The van der Waals surface area contributed by atoms with E-state index in [0.717, 1.165) is 23.5 Å². The summed E-state index contributed by atoms with van der Waals surface area (Å²) in [5.74, 6) is -0.555. The van der Waals surface area contributed by atoms with Crippen LogP contribution < -0.4 is 5.56 Å². The number of esters is 1. The van der Waals surface area contributed by atoms with E-state index in [1.165, 1.54) is 4.68 Å². The van der Waals surface area contributed by atoms with E-state index in [9.17, 15) is 9.59 Å². The maximum atomic E-state index is 12.6. The summed E-state index contributed by atoms with van der Waals surface area (Å²) in [6.45, 7) is 5.89. The van der Waals surface area contributed by atoms with Gasteiger partial charge in [0.2, 0.25) is 0 Å². The average molecular weight is 371 g/mol. The molecule has 0 atom stereocenters. The Balaban J connectivity index is 1.89. The Kier molecular flexibility index (Phi) is 5.46. The summed E-state index contributed by atoms with van der Waals surface area (Å²) in [4.78, 5) is 29.6. The number of thiazole rings is 1. The van der Waals surface area contributed by atoms with Crippen LogP contribution in [0.15, 0.2) is 34.4 Å². The molecule has 1 aromatic carbocycles. The predicted octanol–water partition coefficient (Wildman–Crippen LogP) is 3.74. The fourth-order valence-corrected chi connectivity index (χ4v) is 3.54. The minimum atomic E-state index is -0.555. The van der Waals surface area contributed by atoms with Crippen LogP contribution in [0.5, 0.6) is 0 Å². The Hall–Kier alpha value is -2.54. The van der Waals surface area contributed by atoms with Gasteiger partial charge in [-0.2, -0.15) is 5.10 Å². The third-order valence-electron chi connectivity index (χ3n) is 3.93. The molecule has 6 nitrogen and oxygen atoms in total. The summed E-state index contributed by atoms with van der Waals surface area (Å²) >= 11 is 1.57. The lowest BCUT2D eigenvalue weighted by molar-refractivity contribution is 0.0460. The van der Waals surface area contributed by atoms with Gasteiger partial charge in [0, 0.05) is 10.8 Å². The molecule has 3 rings (SSSR count). The molecule has 0 unspecified atom stereocenters. The van der Waals surface area contributed by atoms with E-state index < -0.39 is 5.97 Å². The smallest absolute Gasteiger partial charge is 0.359 e. The molecule has 0 aliphatic heterocycles. The summed E-state index contributed by atoms with van der Waals surface area (Å²) < 4.78 is 6.74. The first-order chi connectivity index (χ1) is 12.5. The van der Waals surface area contributed by atoms with Crippen LogP contribution in [-0.4, -0.2) is 20.7 Å². The Labute approximate surface area is 155 Å². The van der Waals surface area contributed by atoms with Crippen molar-refractivity contribution in [2.75, 3.05) is 0 Å². The fourth-order valence-electron chi connectivity index (χ4n) is 2.66. The zero-order valence-corrected chi connectivity index (χ0v) is 15.9.